The van der Waals surface area contributed by atoms with Crippen LogP contribution in [0.4, 0.5) is 4.79 Å². The van der Waals surface area contributed by atoms with Gasteiger partial charge in [0.15, 0.2) is 0 Å². The fourth-order valence-corrected chi connectivity index (χ4v) is 3.99. The summed E-state index contributed by atoms with van der Waals surface area (Å²) in [5, 5.41) is 4.88. The number of fused-ring (bicyclic) bond motifs is 3. The first kappa shape index (κ1) is 20.5. The SMILES string of the molecule is COCCc1nc2cnc3ccsc3c2n1CCCCNC(=O)OC(C)(C)C. The van der Waals surface area contributed by atoms with Gasteiger partial charge < -0.3 is 19.4 Å². The Morgan fingerprint density at radius 2 is 2.11 bits per heavy atom. The molecule has 0 spiro atoms. The van der Waals surface area contributed by atoms with Crippen molar-refractivity contribution in [2.45, 2.75) is 52.2 Å². The zero-order valence-electron chi connectivity index (χ0n) is 16.9. The first-order valence-corrected chi connectivity index (χ1v) is 10.4. The number of carbonyl (C=O) groups excluding carboxylic acids is 1. The number of imidazole rings is 1. The maximum absolute atomic E-state index is 11.7. The molecule has 0 fully saturated rings. The monoisotopic (exact) mass is 404 g/mol. The van der Waals surface area contributed by atoms with Crippen LogP contribution in [0.3, 0.4) is 0 Å². The van der Waals surface area contributed by atoms with Gasteiger partial charge >= 0.3 is 6.09 Å². The predicted molar refractivity (Wildman–Crippen MR) is 112 cm³/mol. The Morgan fingerprint density at radius 1 is 1.29 bits per heavy atom. The van der Waals surface area contributed by atoms with Crippen molar-refractivity contribution in [2.75, 3.05) is 20.3 Å². The molecule has 1 amide bonds. The Morgan fingerprint density at radius 3 is 2.86 bits per heavy atom. The second-order valence-corrected chi connectivity index (χ2v) is 8.60. The Balaban J connectivity index is 1.67. The van der Waals surface area contributed by atoms with Crippen molar-refractivity contribution in [3.63, 3.8) is 0 Å². The van der Waals surface area contributed by atoms with E-state index in [9.17, 15) is 4.79 Å². The third-order valence-corrected chi connectivity index (χ3v) is 5.18. The molecule has 28 heavy (non-hydrogen) atoms. The van der Waals surface area contributed by atoms with Crippen molar-refractivity contribution in [1.29, 1.82) is 0 Å². The first-order valence-electron chi connectivity index (χ1n) is 9.56. The summed E-state index contributed by atoms with van der Waals surface area (Å²) in [6.45, 7) is 7.63. The molecule has 8 heteroatoms. The van der Waals surface area contributed by atoms with Gasteiger partial charge in [0.2, 0.25) is 0 Å². The highest BCUT2D eigenvalue weighted by Gasteiger charge is 2.16. The molecule has 0 radical (unpaired) electrons. The van der Waals surface area contributed by atoms with Gasteiger partial charge in [-0.15, -0.1) is 11.3 Å². The summed E-state index contributed by atoms with van der Waals surface area (Å²) in [5.74, 6) is 1.01. The number of amides is 1. The normalized spacial score (nSPS) is 12.0. The van der Waals surface area contributed by atoms with Crippen molar-refractivity contribution in [2.24, 2.45) is 0 Å². The predicted octanol–water partition coefficient (Wildman–Crippen LogP) is 4.14. The summed E-state index contributed by atoms with van der Waals surface area (Å²) in [4.78, 5) is 21.0. The molecule has 0 aliphatic carbocycles. The van der Waals surface area contributed by atoms with Crippen LogP contribution in [0.2, 0.25) is 0 Å². The van der Waals surface area contributed by atoms with Gasteiger partial charge in [-0.3, -0.25) is 4.98 Å². The Hall–Kier alpha value is -2.19. The van der Waals surface area contributed by atoms with E-state index in [0.717, 1.165) is 48.2 Å². The molecule has 0 bridgehead atoms. The molecule has 7 nitrogen and oxygen atoms in total. The van der Waals surface area contributed by atoms with Crippen LogP contribution < -0.4 is 5.32 Å². The van der Waals surface area contributed by atoms with Gasteiger partial charge in [0.25, 0.3) is 0 Å². The average molecular weight is 405 g/mol. The number of nitrogens with zero attached hydrogens (tertiary/aromatic N) is 3. The molecule has 3 rings (SSSR count). The van der Waals surface area contributed by atoms with E-state index in [-0.39, 0.29) is 6.09 Å². The quantitative estimate of drug-likeness (QED) is 0.571. The topological polar surface area (TPSA) is 78.3 Å². The second-order valence-electron chi connectivity index (χ2n) is 7.69. The van der Waals surface area contributed by atoms with Crippen LogP contribution in [-0.4, -0.2) is 46.5 Å². The van der Waals surface area contributed by atoms with Crippen molar-refractivity contribution in [3.8, 4) is 0 Å². The molecule has 0 unspecified atom stereocenters. The number of aryl methyl sites for hydroxylation is 1. The van der Waals surface area contributed by atoms with E-state index < -0.39 is 5.60 Å². The summed E-state index contributed by atoms with van der Waals surface area (Å²) in [7, 11) is 1.70. The van der Waals surface area contributed by atoms with E-state index in [1.165, 1.54) is 4.70 Å². The van der Waals surface area contributed by atoms with Crippen LogP contribution >= 0.6 is 11.3 Å². The molecule has 0 saturated carbocycles. The lowest BCUT2D eigenvalue weighted by Crippen LogP contribution is -2.33. The number of aromatic nitrogens is 3. The van der Waals surface area contributed by atoms with Gasteiger partial charge in [0, 0.05) is 26.6 Å². The van der Waals surface area contributed by atoms with E-state index in [1.54, 1.807) is 18.4 Å². The molecular weight excluding hydrogens is 376 g/mol. The summed E-state index contributed by atoms with van der Waals surface area (Å²) in [6.07, 6.45) is 4.03. The number of hydrogen-bond donors (Lipinski definition) is 1. The summed E-state index contributed by atoms with van der Waals surface area (Å²) < 4.78 is 14.0. The van der Waals surface area contributed by atoms with Crippen molar-refractivity contribution >= 4 is 38.7 Å². The number of pyridine rings is 1. The lowest BCUT2D eigenvalue weighted by molar-refractivity contribution is 0.0527. The number of ether oxygens (including phenoxy) is 2. The zero-order valence-corrected chi connectivity index (χ0v) is 17.8. The molecule has 0 saturated heterocycles. The van der Waals surface area contributed by atoms with Gasteiger partial charge in [-0.2, -0.15) is 0 Å². The number of thiophene rings is 1. The average Bonchev–Trinajstić information content (AvgIpc) is 3.21. The number of carbonyl (C=O) groups is 1. The van der Waals surface area contributed by atoms with Gasteiger partial charge in [-0.25, -0.2) is 9.78 Å². The lowest BCUT2D eigenvalue weighted by Gasteiger charge is -2.19. The molecule has 0 aromatic carbocycles. The Labute approximate surface area is 169 Å². The maximum atomic E-state index is 11.7. The molecule has 0 aliphatic heterocycles. The van der Waals surface area contributed by atoms with E-state index in [2.05, 4.69) is 20.2 Å². The number of nitrogens with one attached hydrogen (secondary N) is 1. The molecular formula is C20H28N4O3S. The highest BCUT2D eigenvalue weighted by Crippen LogP contribution is 2.29. The standard InChI is InChI=1S/C20H28N4O3S/c1-20(2,3)27-19(25)21-9-5-6-10-24-16(7-11-26-4)23-15-13-22-14-8-12-28-18(14)17(15)24/h8,12-13H,5-7,9-11H2,1-4H3,(H,21,25). The van der Waals surface area contributed by atoms with Gasteiger partial charge in [-0.1, -0.05) is 0 Å². The Kier molecular flexibility index (Phi) is 6.51. The second kappa shape index (κ2) is 8.87. The van der Waals surface area contributed by atoms with Crippen LogP contribution in [0.15, 0.2) is 17.6 Å². The fourth-order valence-electron chi connectivity index (χ4n) is 3.09. The van der Waals surface area contributed by atoms with Crippen molar-refractivity contribution < 1.29 is 14.3 Å². The molecule has 0 aliphatic rings. The van der Waals surface area contributed by atoms with Gasteiger partial charge in [-0.05, 0) is 45.1 Å². The third-order valence-electron chi connectivity index (χ3n) is 4.27. The van der Waals surface area contributed by atoms with E-state index >= 15 is 0 Å². The smallest absolute Gasteiger partial charge is 0.407 e. The van der Waals surface area contributed by atoms with Crippen LogP contribution in [-0.2, 0) is 22.4 Å². The lowest BCUT2D eigenvalue weighted by atomic mass is 10.2. The molecule has 3 aromatic rings. The number of unbranched alkanes of at least 4 members (excludes halogenated alkanes) is 1. The minimum atomic E-state index is -0.476. The number of rotatable bonds is 8. The van der Waals surface area contributed by atoms with Crippen LogP contribution in [0.5, 0.6) is 0 Å². The maximum Gasteiger partial charge on any atom is 0.407 e. The van der Waals surface area contributed by atoms with Crippen molar-refractivity contribution in [1.82, 2.24) is 19.9 Å². The van der Waals surface area contributed by atoms with Crippen LogP contribution in [0, 0.1) is 0 Å². The Bertz CT molecular complexity index is 942. The van der Waals surface area contributed by atoms with Crippen molar-refractivity contribution in [3.05, 3.63) is 23.5 Å². The van der Waals surface area contributed by atoms with E-state index in [4.69, 9.17) is 14.5 Å². The summed E-state index contributed by atoms with van der Waals surface area (Å²) >= 11 is 1.69. The zero-order chi connectivity index (χ0) is 20.1. The number of hydrogen-bond acceptors (Lipinski definition) is 6. The fraction of sp³-hybridized carbons (Fsp3) is 0.550. The molecule has 3 heterocycles. The molecule has 3 aromatic heterocycles. The van der Waals surface area contributed by atoms with Crippen LogP contribution in [0.25, 0.3) is 21.3 Å². The molecule has 152 valence electrons. The molecule has 1 N–H and O–H groups in total. The molecule has 0 atom stereocenters. The largest absolute Gasteiger partial charge is 0.444 e. The van der Waals surface area contributed by atoms with E-state index in [1.807, 2.05) is 33.0 Å². The number of alkyl carbamates (subject to hydrolysis) is 1. The summed E-state index contributed by atoms with van der Waals surface area (Å²) in [5.41, 5.74) is 2.60. The summed E-state index contributed by atoms with van der Waals surface area (Å²) in [6, 6.07) is 2.04. The highest BCUT2D eigenvalue weighted by atomic mass is 32.1. The highest BCUT2D eigenvalue weighted by molar-refractivity contribution is 7.18. The van der Waals surface area contributed by atoms with E-state index in [0.29, 0.717) is 13.2 Å². The van der Waals surface area contributed by atoms with Gasteiger partial charge in [0.1, 0.15) is 16.9 Å². The van der Waals surface area contributed by atoms with Crippen LogP contribution in [0.1, 0.15) is 39.4 Å². The third kappa shape index (κ3) is 4.99. The van der Waals surface area contributed by atoms with Gasteiger partial charge in [0.05, 0.1) is 28.5 Å². The minimum Gasteiger partial charge on any atom is -0.444 e. The minimum absolute atomic E-state index is 0.368. The first-order chi connectivity index (χ1) is 13.4. The number of methoxy groups -OCH3 is 1.